The topological polar surface area (TPSA) is 37.3 Å². The normalized spacial score (nSPS) is 11.9. The van der Waals surface area contributed by atoms with Crippen molar-refractivity contribution in [3.63, 3.8) is 0 Å². The molecule has 1 aromatic carbocycles. The first-order valence-electron chi connectivity index (χ1n) is 3.92. The minimum absolute atomic E-state index is 0.0405. The van der Waals surface area contributed by atoms with Crippen molar-refractivity contribution in [2.24, 2.45) is 0 Å². The Labute approximate surface area is 91.8 Å². The summed E-state index contributed by atoms with van der Waals surface area (Å²) in [4.78, 5) is 10.9. The maximum absolute atomic E-state index is 10.9. The fourth-order valence-corrected chi connectivity index (χ4v) is 1.35. The molecule has 0 amide bonds. The third kappa shape index (κ3) is 3.05. The summed E-state index contributed by atoms with van der Waals surface area (Å²) in [5, 5.41) is 8.91. The van der Waals surface area contributed by atoms with E-state index in [1.807, 2.05) is 6.07 Å². The highest BCUT2D eigenvalue weighted by molar-refractivity contribution is 6.56. The van der Waals surface area contributed by atoms with Crippen molar-refractivity contribution in [2.45, 2.75) is 5.92 Å². The van der Waals surface area contributed by atoms with Crippen LogP contribution < -0.4 is 0 Å². The van der Waals surface area contributed by atoms with Crippen LogP contribution in [0.25, 0.3) is 0 Å². The Kier molecular flexibility index (Phi) is 3.98. The lowest BCUT2D eigenvalue weighted by Crippen LogP contribution is -2.08. The van der Waals surface area contributed by atoms with Gasteiger partial charge in [-0.3, -0.25) is 4.79 Å². The Morgan fingerprint density at radius 3 is 2.29 bits per heavy atom. The average molecular weight is 231 g/mol. The maximum Gasteiger partial charge on any atom is 0.314 e. The Morgan fingerprint density at radius 1 is 1.29 bits per heavy atom. The number of benzene rings is 1. The van der Waals surface area contributed by atoms with E-state index in [0.29, 0.717) is 5.56 Å². The van der Waals surface area contributed by atoms with Crippen molar-refractivity contribution >= 4 is 29.2 Å². The molecule has 2 nitrogen and oxygen atoms in total. The smallest absolute Gasteiger partial charge is 0.314 e. The van der Waals surface area contributed by atoms with Crippen LogP contribution in [-0.2, 0) is 4.79 Å². The highest BCUT2D eigenvalue weighted by Gasteiger charge is 2.16. The molecule has 1 aromatic rings. The Morgan fingerprint density at radius 2 is 1.86 bits per heavy atom. The molecule has 0 aliphatic heterocycles. The molecular formula is C10H8Cl2O2. The van der Waals surface area contributed by atoms with E-state index < -0.39 is 11.9 Å². The van der Waals surface area contributed by atoms with Gasteiger partial charge >= 0.3 is 5.97 Å². The summed E-state index contributed by atoms with van der Waals surface area (Å²) in [5.74, 6) is -1.77. The number of hydrogen-bond acceptors (Lipinski definition) is 1. The highest BCUT2D eigenvalue weighted by atomic mass is 35.5. The molecule has 14 heavy (non-hydrogen) atoms. The Hall–Kier alpha value is -0.990. The van der Waals surface area contributed by atoms with Crippen LogP contribution in [0.2, 0.25) is 0 Å². The zero-order chi connectivity index (χ0) is 10.6. The second-order valence-corrected chi connectivity index (χ2v) is 3.69. The van der Waals surface area contributed by atoms with E-state index >= 15 is 0 Å². The van der Waals surface area contributed by atoms with Gasteiger partial charge in [-0.1, -0.05) is 53.5 Å². The van der Waals surface area contributed by atoms with Crippen LogP contribution in [0.1, 0.15) is 11.5 Å². The van der Waals surface area contributed by atoms with Crippen molar-refractivity contribution in [3.8, 4) is 0 Å². The molecule has 74 valence electrons. The molecule has 4 heteroatoms. The Balaban J connectivity index is 3.01. The lowest BCUT2D eigenvalue weighted by molar-refractivity contribution is -0.137. The molecule has 0 saturated heterocycles. The van der Waals surface area contributed by atoms with Crippen LogP contribution in [0.15, 0.2) is 40.9 Å². The van der Waals surface area contributed by atoms with Crippen molar-refractivity contribution < 1.29 is 9.90 Å². The monoisotopic (exact) mass is 230 g/mol. The third-order valence-corrected chi connectivity index (χ3v) is 1.97. The summed E-state index contributed by atoms with van der Waals surface area (Å²) in [6, 6.07) is 8.77. The van der Waals surface area contributed by atoms with Crippen LogP contribution in [0.5, 0.6) is 0 Å². The molecule has 0 aromatic heterocycles. The second kappa shape index (κ2) is 5.03. The summed E-state index contributed by atoms with van der Waals surface area (Å²) in [5.41, 5.74) is 0.652. The van der Waals surface area contributed by atoms with Crippen molar-refractivity contribution in [2.75, 3.05) is 0 Å². The van der Waals surface area contributed by atoms with Crippen molar-refractivity contribution in [1.82, 2.24) is 0 Å². The first-order chi connectivity index (χ1) is 6.61. The van der Waals surface area contributed by atoms with Crippen molar-refractivity contribution in [3.05, 3.63) is 46.5 Å². The summed E-state index contributed by atoms with van der Waals surface area (Å²) < 4.78 is -0.0405. The second-order valence-electron chi connectivity index (χ2n) is 2.68. The SMILES string of the molecule is O=C(O)[C@@H](C=C(Cl)Cl)c1ccccc1. The molecule has 1 N–H and O–H groups in total. The van der Waals surface area contributed by atoms with Crippen LogP contribution in [0.4, 0.5) is 0 Å². The van der Waals surface area contributed by atoms with Crippen LogP contribution >= 0.6 is 23.2 Å². The van der Waals surface area contributed by atoms with E-state index in [1.165, 1.54) is 6.08 Å². The lowest BCUT2D eigenvalue weighted by atomic mass is 10.00. The molecule has 0 unspecified atom stereocenters. The number of carboxylic acid groups (broad SMARTS) is 1. The third-order valence-electron chi connectivity index (χ3n) is 1.72. The van der Waals surface area contributed by atoms with Gasteiger partial charge in [-0.2, -0.15) is 0 Å². The van der Waals surface area contributed by atoms with Gasteiger partial charge in [-0.25, -0.2) is 0 Å². The maximum atomic E-state index is 10.9. The molecule has 0 spiro atoms. The predicted octanol–water partition coefficient (Wildman–Crippen LogP) is 3.17. The van der Waals surface area contributed by atoms with E-state index in [9.17, 15) is 4.79 Å². The van der Waals surface area contributed by atoms with E-state index in [1.54, 1.807) is 24.3 Å². The van der Waals surface area contributed by atoms with E-state index in [-0.39, 0.29) is 4.49 Å². The number of halogens is 2. The van der Waals surface area contributed by atoms with Gasteiger partial charge in [0.1, 0.15) is 10.4 Å². The summed E-state index contributed by atoms with van der Waals surface area (Å²) in [7, 11) is 0. The van der Waals surface area contributed by atoms with Gasteiger partial charge in [0.15, 0.2) is 0 Å². The molecular weight excluding hydrogens is 223 g/mol. The van der Waals surface area contributed by atoms with Crippen LogP contribution in [0.3, 0.4) is 0 Å². The summed E-state index contributed by atoms with van der Waals surface area (Å²) >= 11 is 10.9. The molecule has 1 atom stereocenters. The number of hydrogen-bond donors (Lipinski definition) is 1. The van der Waals surface area contributed by atoms with Crippen molar-refractivity contribution in [1.29, 1.82) is 0 Å². The number of aliphatic carboxylic acids is 1. The summed E-state index contributed by atoms with van der Waals surface area (Å²) in [6.07, 6.45) is 1.29. The Bertz CT molecular complexity index is 342. The van der Waals surface area contributed by atoms with E-state index in [2.05, 4.69) is 0 Å². The molecule has 0 aliphatic rings. The average Bonchev–Trinajstić information content (AvgIpc) is 2.15. The minimum atomic E-state index is -0.977. The lowest BCUT2D eigenvalue weighted by Gasteiger charge is -2.07. The molecule has 0 radical (unpaired) electrons. The van der Waals surface area contributed by atoms with Crippen LogP contribution in [0, 0.1) is 0 Å². The molecule has 0 heterocycles. The number of rotatable bonds is 3. The van der Waals surface area contributed by atoms with Gasteiger partial charge < -0.3 is 5.11 Å². The first-order valence-corrected chi connectivity index (χ1v) is 4.67. The zero-order valence-electron chi connectivity index (χ0n) is 7.15. The van der Waals surface area contributed by atoms with Gasteiger partial charge in [0.2, 0.25) is 0 Å². The van der Waals surface area contributed by atoms with E-state index in [0.717, 1.165) is 0 Å². The fraction of sp³-hybridized carbons (Fsp3) is 0.100. The number of carboxylic acids is 1. The molecule has 0 saturated carbocycles. The quantitative estimate of drug-likeness (QED) is 0.867. The fourth-order valence-electron chi connectivity index (χ4n) is 1.10. The largest absolute Gasteiger partial charge is 0.481 e. The van der Waals surface area contributed by atoms with Gasteiger partial charge in [-0.05, 0) is 11.6 Å². The van der Waals surface area contributed by atoms with Gasteiger partial charge in [0.05, 0.1) is 0 Å². The van der Waals surface area contributed by atoms with Gasteiger partial charge in [0.25, 0.3) is 0 Å². The first kappa shape index (κ1) is 11.1. The van der Waals surface area contributed by atoms with Gasteiger partial charge in [0, 0.05) is 0 Å². The standard InChI is InChI=1S/C10H8Cl2O2/c11-9(12)6-8(10(13)14)7-4-2-1-3-5-7/h1-6,8H,(H,13,14)/t8-/m0/s1. The summed E-state index contributed by atoms with van der Waals surface area (Å²) in [6.45, 7) is 0. The van der Waals surface area contributed by atoms with Crippen LogP contribution in [-0.4, -0.2) is 11.1 Å². The molecule has 0 aliphatic carbocycles. The minimum Gasteiger partial charge on any atom is -0.481 e. The molecule has 1 rings (SSSR count). The number of carbonyl (C=O) groups is 1. The van der Waals surface area contributed by atoms with Gasteiger partial charge in [-0.15, -0.1) is 0 Å². The zero-order valence-corrected chi connectivity index (χ0v) is 8.66. The molecule has 0 fully saturated rings. The predicted molar refractivity (Wildman–Crippen MR) is 56.6 cm³/mol. The highest BCUT2D eigenvalue weighted by Crippen LogP contribution is 2.21. The molecule has 0 bridgehead atoms. The van der Waals surface area contributed by atoms with E-state index in [4.69, 9.17) is 28.3 Å².